The minimum atomic E-state index is -0.508. The molecule has 0 spiro atoms. The normalized spacial score (nSPS) is 18.1. The molecule has 8 nitrogen and oxygen atoms in total. The van der Waals surface area contributed by atoms with Crippen molar-refractivity contribution >= 4 is 46.3 Å². The van der Waals surface area contributed by atoms with E-state index in [1.807, 2.05) is 19.9 Å². The third-order valence-corrected chi connectivity index (χ3v) is 7.23. The van der Waals surface area contributed by atoms with Gasteiger partial charge in [0.05, 0.1) is 33.9 Å². The summed E-state index contributed by atoms with van der Waals surface area (Å²) in [7, 11) is 0. The lowest BCUT2D eigenvalue weighted by Gasteiger charge is -2.18. The van der Waals surface area contributed by atoms with Crippen LogP contribution in [0.4, 0.5) is 0 Å². The maximum Gasteiger partial charge on any atom is 0.327 e. The minimum absolute atomic E-state index is 0.0745. The number of nitrogens with zero attached hydrogens (tertiary/aromatic N) is 3. The number of carbonyl (C=O) groups excluding carboxylic acids is 2. The van der Waals surface area contributed by atoms with Gasteiger partial charge in [-0.25, -0.2) is 4.68 Å². The standard InChI is InChI=1S/C26H24Cl2N4O4/c1-3-20-21(25(34)32(29-20)16-8-9-18(27)19(28)12-16)22-23(30-10-4-6-15(2)13-30)26(35)31(24(22)33)14-17-7-5-11-36-17/h4,6,8-10,12-13,17H,3,5,7,11,14H2,1-2H3/p+1/t17-/m1/s1. The van der Waals surface area contributed by atoms with Crippen LogP contribution in [0.15, 0.2) is 47.5 Å². The SMILES string of the molecule is CCc1[nH]n(-c2ccc(Cl)c(Cl)c2)c(=O)c1C1=C([n+]2cccc(C)c2)C(=O)N(C[C@H]2CCCO2)C1=O. The Morgan fingerprint density at radius 1 is 1.14 bits per heavy atom. The van der Waals surface area contributed by atoms with Gasteiger partial charge < -0.3 is 4.74 Å². The number of halogens is 2. The number of pyridine rings is 1. The Morgan fingerprint density at radius 2 is 1.94 bits per heavy atom. The van der Waals surface area contributed by atoms with E-state index >= 15 is 0 Å². The summed E-state index contributed by atoms with van der Waals surface area (Å²) in [5.41, 5.74) is 1.84. The van der Waals surface area contributed by atoms with Crippen LogP contribution in [0.1, 0.15) is 36.6 Å². The summed E-state index contributed by atoms with van der Waals surface area (Å²) in [6.45, 7) is 4.52. The van der Waals surface area contributed by atoms with Gasteiger partial charge in [-0.2, -0.15) is 4.57 Å². The van der Waals surface area contributed by atoms with E-state index in [4.69, 9.17) is 27.9 Å². The van der Waals surface area contributed by atoms with Crippen LogP contribution in [-0.2, 0) is 20.7 Å². The van der Waals surface area contributed by atoms with Crippen molar-refractivity contribution in [3.63, 3.8) is 0 Å². The van der Waals surface area contributed by atoms with E-state index < -0.39 is 17.4 Å². The number of carbonyl (C=O) groups is 2. The molecule has 0 bridgehead atoms. The zero-order valence-electron chi connectivity index (χ0n) is 19.9. The predicted molar refractivity (Wildman–Crippen MR) is 136 cm³/mol. The van der Waals surface area contributed by atoms with E-state index in [2.05, 4.69) is 5.10 Å². The van der Waals surface area contributed by atoms with Crippen molar-refractivity contribution in [2.45, 2.75) is 39.2 Å². The highest BCUT2D eigenvalue weighted by Gasteiger charge is 2.48. The fourth-order valence-corrected chi connectivity index (χ4v) is 5.01. The van der Waals surface area contributed by atoms with E-state index in [9.17, 15) is 14.4 Å². The first-order valence-corrected chi connectivity index (χ1v) is 12.6. The van der Waals surface area contributed by atoms with Crippen molar-refractivity contribution in [3.8, 4) is 5.69 Å². The first-order valence-electron chi connectivity index (χ1n) is 11.8. The predicted octanol–water partition coefficient (Wildman–Crippen LogP) is 3.55. The van der Waals surface area contributed by atoms with E-state index in [1.54, 1.807) is 41.2 Å². The highest BCUT2D eigenvalue weighted by Crippen LogP contribution is 2.32. The minimum Gasteiger partial charge on any atom is -0.376 e. The van der Waals surface area contributed by atoms with Gasteiger partial charge in [-0.15, -0.1) is 0 Å². The number of rotatable bonds is 6. The third kappa shape index (κ3) is 4.19. The summed E-state index contributed by atoms with van der Waals surface area (Å²) in [6, 6.07) is 8.52. The van der Waals surface area contributed by atoms with Crippen LogP contribution in [-0.4, -0.2) is 45.8 Å². The molecule has 10 heteroatoms. The van der Waals surface area contributed by atoms with Crippen molar-refractivity contribution in [1.29, 1.82) is 0 Å². The molecule has 0 aliphatic carbocycles. The number of benzene rings is 1. The Labute approximate surface area is 217 Å². The molecule has 2 aliphatic heterocycles. The third-order valence-electron chi connectivity index (χ3n) is 6.49. The first-order chi connectivity index (χ1) is 17.3. The molecule has 1 atom stereocenters. The van der Waals surface area contributed by atoms with Gasteiger partial charge in [-0.1, -0.05) is 30.1 Å². The van der Waals surface area contributed by atoms with Crippen molar-refractivity contribution < 1.29 is 18.9 Å². The van der Waals surface area contributed by atoms with Crippen LogP contribution in [0.3, 0.4) is 0 Å². The molecule has 36 heavy (non-hydrogen) atoms. The number of aromatic nitrogens is 3. The second-order valence-electron chi connectivity index (χ2n) is 8.93. The van der Waals surface area contributed by atoms with Crippen LogP contribution < -0.4 is 10.1 Å². The molecule has 186 valence electrons. The molecule has 2 aliphatic rings. The number of ether oxygens (including phenoxy) is 1. The molecule has 0 saturated carbocycles. The number of imide groups is 1. The molecule has 1 saturated heterocycles. The Kier molecular flexibility index (Phi) is 6.59. The number of aryl methyl sites for hydroxylation is 2. The maximum atomic E-state index is 13.8. The van der Waals surface area contributed by atoms with Gasteiger partial charge in [0.25, 0.3) is 17.2 Å². The van der Waals surface area contributed by atoms with Gasteiger partial charge >= 0.3 is 5.91 Å². The Hall–Kier alpha value is -3.20. The molecule has 0 radical (unpaired) electrons. The number of amides is 2. The van der Waals surface area contributed by atoms with Crippen LogP contribution in [0.25, 0.3) is 17.0 Å². The smallest absolute Gasteiger partial charge is 0.327 e. The average molecular weight is 528 g/mol. The van der Waals surface area contributed by atoms with E-state index in [0.29, 0.717) is 34.5 Å². The van der Waals surface area contributed by atoms with Gasteiger partial charge in [0.15, 0.2) is 12.4 Å². The highest BCUT2D eigenvalue weighted by atomic mass is 35.5. The van der Waals surface area contributed by atoms with Gasteiger partial charge in [-0.3, -0.25) is 24.4 Å². The number of hydrogen-bond acceptors (Lipinski definition) is 4. The molecule has 1 fully saturated rings. The number of nitrogens with one attached hydrogen (secondary N) is 1. The summed E-state index contributed by atoms with van der Waals surface area (Å²) >= 11 is 12.3. The molecule has 4 heterocycles. The number of H-pyrrole nitrogens is 1. The largest absolute Gasteiger partial charge is 0.376 e. The summed E-state index contributed by atoms with van der Waals surface area (Å²) < 4.78 is 8.64. The maximum absolute atomic E-state index is 13.8. The molecule has 3 aromatic rings. The van der Waals surface area contributed by atoms with Crippen molar-refractivity contribution in [2.75, 3.05) is 13.2 Å². The topological polar surface area (TPSA) is 88.3 Å². The zero-order valence-corrected chi connectivity index (χ0v) is 21.4. The van der Waals surface area contributed by atoms with Gasteiger partial charge in [0.2, 0.25) is 0 Å². The van der Waals surface area contributed by atoms with Crippen LogP contribution >= 0.6 is 23.2 Å². The van der Waals surface area contributed by atoms with Gasteiger partial charge in [0.1, 0.15) is 5.57 Å². The number of aromatic amines is 1. The lowest BCUT2D eigenvalue weighted by Crippen LogP contribution is -2.42. The Bertz CT molecular complexity index is 1470. The highest BCUT2D eigenvalue weighted by molar-refractivity contribution is 6.44. The summed E-state index contributed by atoms with van der Waals surface area (Å²) in [4.78, 5) is 42.5. The fourth-order valence-electron chi connectivity index (χ4n) is 4.72. The molecule has 0 unspecified atom stereocenters. The summed E-state index contributed by atoms with van der Waals surface area (Å²) in [5, 5.41) is 3.75. The van der Waals surface area contributed by atoms with Crippen LogP contribution in [0.2, 0.25) is 10.0 Å². The van der Waals surface area contributed by atoms with Crippen LogP contribution in [0.5, 0.6) is 0 Å². The number of hydrogen-bond donors (Lipinski definition) is 1. The molecular formula is C26H25Cl2N4O4+. The molecular weight excluding hydrogens is 503 g/mol. The first kappa shape index (κ1) is 24.5. The average Bonchev–Trinajstić information content (AvgIpc) is 3.54. The van der Waals surface area contributed by atoms with E-state index in [1.165, 1.54) is 9.58 Å². The Morgan fingerprint density at radius 3 is 2.61 bits per heavy atom. The molecule has 5 rings (SSSR count). The summed E-state index contributed by atoms with van der Waals surface area (Å²) in [6.07, 6.45) is 5.35. The van der Waals surface area contributed by atoms with Crippen molar-refractivity contribution in [3.05, 3.63) is 79.9 Å². The molecule has 1 N–H and O–H groups in total. The molecule has 2 amide bonds. The monoisotopic (exact) mass is 527 g/mol. The van der Waals surface area contributed by atoms with Crippen molar-refractivity contribution in [2.24, 2.45) is 0 Å². The van der Waals surface area contributed by atoms with E-state index in [0.717, 1.165) is 18.4 Å². The van der Waals surface area contributed by atoms with Crippen molar-refractivity contribution in [1.82, 2.24) is 14.7 Å². The zero-order chi connectivity index (χ0) is 25.6. The lowest BCUT2D eigenvalue weighted by atomic mass is 10.0. The Balaban J connectivity index is 1.70. The van der Waals surface area contributed by atoms with Crippen LogP contribution in [0, 0.1) is 6.92 Å². The molecule has 1 aromatic carbocycles. The van der Waals surface area contributed by atoms with Gasteiger partial charge in [-0.05, 0) is 50.5 Å². The van der Waals surface area contributed by atoms with E-state index in [-0.39, 0.29) is 29.5 Å². The quantitative estimate of drug-likeness (QED) is 0.392. The molecule has 2 aromatic heterocycles. The van der Waals surface area contributed by atoms with Gasteiger partial charge in [0, 0.05) is 23.9 Å². The summed E-state index contributed by atoms with van der Waals surface area (Å²) in [5.74, 6) is -0.962. The lowest BCUT2D eigenvalue weighted by molar-refractivity contribution is -0.577. The second kappa shape index (κ2) is 9.69. The fraction of sp³-hybridized carbons (Fsp3) is 0.308. The second-order valence-corrected chi connectivity index (χ2v) is 9.74.